The smallest absolute Gasteiger partial charge is 0.338 e. The van der Waals surface area contributed by atoms with Gasteiger partial charge in [0.1, 0.15) is 6.61 Å². The highest BCUT2D eigenvalue weighted by molar-refractivity contribution is 7.99. The molecule has 0 bridgehead atoms. The molecule has 0 spiro atoms. The zero-order chi connectivity index (χ0) is 13.6. The van der Waals surface area contributed by atoms with Crippen molar-refractivity contribution in [3.8, 4) is 0 Å². The zero-order valence-corrected chi connectivity index (χ0v) is 11.4. The van der Waals surface area contributed by atoms with Crippen LogP contribution >= 0.6 is 11.8 Å². The molecule has 100 valence electrons. The van der Waals surface area contributed by atoms with E-state index >= 15 is 0 Å². The molecule has 0 heterocycles. The number of hydrogen-bond donors (Lipinski definition) is 2. The van der Waals surface area contributed by atoms with Crippen LogP contribution in [0.5, 0.6) is 0 Å². The first kappa shape index (κ1) is 15.0. The van der Waals surface area contributed by atoms with Crippen LogP contribution in [-0.2, 0) is 9.53 Å². The summed E-state index contributed by atoms with van der Waals surface area (Å²) in [5.41, 5.74) is -0.390. The van der Waals surface area contributed by atoms with Gasteiger partial charge in [-0.2, -0.15) is 0 Å². The minimum absolute atomic E-state index is 0.0931. The zero-order valence-electron chi connectivity index (χ0n) is 10.5. The number of carbonyl (C=O) groups is 1. The van der Waals surface area contributed by atoms with Gasteiger partial charge in [-0.25, -0.2) is 4.79 Å². The summed E-state index contributed by atoms with van der Waals surface area (Å²) >= 11 is 1.38. The molecule has 0 aliphatic carbocycles. The topological polar surface area (TPSA) is 66.8 Å². The highest BCUT2D eigenvalue weighted by Crippen LogP contribution is 2.23. The molecule has 0 saturated heterocycles. The van der Waals surface area contributed by atoms with Gasteiger partial charge in [-0.3, -0.25) is 0 Å². The average molecular weight is 270 g/mol. The highest BCUT2D eigenvalue weighted by Gasteiger charge is 2.32. The molecule has 2 N–H and O–H groups in total. The third-order valence-corrected chi connectivity index (χ3v) is 3.62. The van der Waals surface area contributed by atoms with E-state index in [0.717, 1.165) is 10.5 Å². The molecule has 1 atom stereocenters. The predicted octanol–water partition coefficient (Wildman–Crippen LogP) is 1.37. The van der Waals surface area contributed by atoms with Gasteiger partial charge in [0.05, 0.1) is 6.61 Å². The van der Waals surface area contributed by atoms with Gasteiger partial charge in [-0.05, 0) is 26.0 Å². The van der Waals surface area contributed by atoms with Gasteiger partial charge in [-0.1, -0.05) is 17.7 Å². The molecule has 0 radical (unpaired) electrons. The summed E-state index contributed by atoms with van der Waals surface area (Å²) in [4.78, 5) is 12.5. The maximum absolute atomic E-state index is 11.5. The lowest BCUT2D eigenvalue weighted by molar-refractivity contribution is -0.162. The van der Waals surface area contributed by atoms with Crippen LogP contribution in [-0.4, -0.2) is 40.8 Å². The fraction of sp³-hybridized carbons (Fsp3) is 0.462. The van der Waals surface area contributed by atoms with E-state index < -0.39 is 11.6 Å². The SMILES string of the molecule is Cc1ccc(SC[C@@](C)(O)C(=O)OCCO)cc1. The van der Waals surface area contributed by atoms with Crippen molar-refractivity contribution in [2.45, 2.75) is 24.3 Å². The Kier molecular flexibility index (Phi) is 5.65. The van der Waals surface area contributed by atoms with Crippen molar-refractivity contribution in [2.24, 2.45) is 0 Å². The molecule has 5 heteroatoms. The number of esters is 1. The molecular weight excluding hydrogens is 252 g/mol. The van der Waals surface area contributed by atoms with Gasteiger partial charge in [0.25, 0.3) is 0 Å². The molecule has 0 aliphatic heterocycles. The van der Waals surface area contributed by atoms with E-state index in [4.69, 9.17) is 9.84 Å². The van der Waals surface area contributed by atoms with Gasteiger partial charge in [-0.15, -0.1) is 11.8 Å². The van der Waals surface area contributed by atoms with Crippen molar-refractivity contribution in [2.75, 3.05) is 19.0 Å². The van der Waals surface area contributed by atoms with Crippen LogP contribution in [0.2, 0.25) is 0 Å². The summed E-state index contributed by atoms with van der Waals surface area (Å²) in [7, 11) is 0. The second-order valence-corrected chi connectivity index (χ2v) is 5.28. The Bertz CT molecular complexity index is 386. The standard InChI is InChI=1S/C13H18O4S/c1-10-3-5-11(6-4-10)18-9-13(2,16)12(15)17-8-7-14/h3-6,14,16H,7-9H2,1-2H3/t13-/m1/s1. The number of rotatable bonds is 6. The third-order valence-electron chi connectivity index (χ3n) is 2.31. The summed E-state index contributed by atoms with van der Waals surface area (Å²) in [6.45, 7) is 3.07. The van der Waals surface area contributed by atoms with Crippen LogP contribution in [0.4, 0.5) is 0 Å². The Morgan fingerprint density at radius 3 is 2.56 bits per heavy atom. The van der Waals surface area contributed by atoms with Gasteiger partial charge < -0.3 is 14.9 Å². The minimum Gasteiger partial charge on any atom is -0.461 e. The van der Waals surface area contributed by atoms with E-state index in [0.29, 0.717) is 0 Å². The Labute approximate surface area is 111 Å². The number of carbonyl (C=O) groups excluding carboxylic acids is 1. The lowest BCUT2D eigenvalue weighted by atomic mass is 10.1. The molecule has 0 aromatic heterocycles. The largest absolute Gasteiger partial charge is 0.461 e. The van der Waals surface area contributed by atoms with Crippen LogP contribution in [0.1, 0.15) is 12.5 Å². The predicted molar refractivity (Wildman–Crippen MR) is 70.6 cm³/mol. The highest BCUT2D eigenvalue weighted by atomic mass is 32.2. The maximum Gasteiger partial charge on any atom is 0.338 e. The first-order valence-electron chi connectivity index (χ1n) is 5.65. The Morgan fingerprint density at radius 2 is 2.00 bits per heavy atom. The molecule has 1 rings (SSSR count). The van der Waals surface area contributed by atoms with Gasteiger partial charge in [0, 0.05) is 10.6 Å². The van der Waals surface area contributed by atoms with Crippen molar-refractivity contribution in [3.05, 3.63) is 29.8 Å². The molecule has 1 aromatic rings. The number of aliphatic hydroxyl groups excluding tert-OH is 1. The van der Waals surface area contributed by atoms with E-state index in [1.807, 2.05) is 31.2 Å². The third kappa shape index (κ3) is 4.68. The summed E-state index contributed by atoms with van der Waals surface area (Å²) in [5, 5.41) is 18.5. The van der Waals surface area contributed by atoms with E-state index in [1.54, 1.807) is 0 Å². The molecule has 0 aliphatic rings. The summed E-state index contributed by atoms with van der Waals surface area (Å²) < 4.78 is 4.71. The molecule has 0 unspecified atom stereocenters. The van der Waals surface area contributed by atoms with Crippen LogP contribution < -0.4 is 0 Å². The van der Waals surface area contributed by atoms with E-state index in [2.05, 4.69) is 0 Å². The van der Waals surface area contributed by atoms with Gasteiger partial charge >= 0.3 is 5.97 Å². The van der Waals surface area contributed by atoms with Crippen LogP contribution in [0.15, 0.2) is 29.2 Å². The van der Waals surface area contributed by atoms with Crippen LogP contribution in [0.25, 0.3) is 0 Å². The van der Waals surface area contributed by atoms with Crippen molar-refractivity contribution in [1.82, 2.24) is 0 Å². The number of thioether (sulfide) groups is 1. The normalized spacial score (nSPS) is 14.0. The number of ether oxygens (including phenoxy) is 1. The number of benzene rings is 1. The fourth-order valence-electron chi connectivity index (χ4n) is 1.21. The average Bonchev–Trinajstić information content (AvgIpc) is 2.35. The summed E-state index contributed by atoms with van der Waals surface area (Å²) in [6, 6.07) is 7.83. The van der Waals surface area contributed by atoms with Crippen LogP contribution in [0.3, 0.4) is 0 Å². The summed E-state index contributed by atoms with van der Waals surface area (Å²) in [6.07, 6.45) is 0. The Balaban J connectivity index is 2.50. The molecule has 1 aromatic carbocycles. The second kappa shape index (κ2) is 6.78. The lowest BCUT2D eigenvalue weighted by Crippen LogP contribution is -2.39. The number of aryl methyl sites for hydroxylation is 1. The number of hydrogen-bond acceptors (Lipinski definition) is 5. The molecule has 0 fully saturated rings. The first-order chi connectivity index (χ1) is 8.45. The Morgan fingerprint density at radius 1 is 1.39 bits per heavy atom. The fourth-order valence-corrected chi connectivity index (χ4v) is 2.11. The quantitative estimate of drug-likeness (QED) is 0.604. The van der Waals surface area contributed by atoms with Gasteiger partial charge in [0.15, 0.2) is 5.60 Å². The monoisotopic (exact) mass is 270 g/mol. The molecule has 0 saturated carbocycles. The van der Waals surface area contributed by atoms with Crippen LogP contribution in [0, 0.1) is 6.92 Å². The van der Waals surface area contributed by atoms with Gasteiger partial charge in [0.2, 0.25) is 0 Å². The van der Waals surface area contributed by atoms with E-state index in [9.17, 15) is 9.90 Å². The van der Waals surface area contributed by atoms with E-state index in [-0.39, 0.29) is 19.0 Å². The van der Waals surface area contributed by atoms with Crippen molar-refractivity contribution in [3.63, 3.8) is 0 Å². The Hall–Kier alpha value is -1.04. The molecule has 18 heavy (non-hydrogen) atoms. The first-order valence-corrected chi connectivity index (χ1v) is 6.64. The minimum atomic E-state index is -1.55. The van der Waals surface area contributed by atoms with Crippen molar-refractivity contribution in [1.29, 1.82) is 0 Å². The summed E-state index contributed by atoms with van der Waals surface area (Å²) in [5.74, 6) is -0.503. The van der Waals surface area contributed by atoms with Crippen molar-refractivity contribution < 1.29 is 19.7 Å². The van der Waals surface area contributed by atoms with E-state index in [1.165, 1.54) is 18.7 Å². The maximum atomic E-state index is 11.5. The second-order valence-electron chi connectivity index (χ2n) is 4.24. The molecular formula is C13H18O4S. The lowest BCUT2D eigenvalue weighted by Gasteiger charge is -2.20. The number of aliphatic hydroxyl groups is 2. The molecule has 0 amide bonds. The van der Waals surface area contributed by atoms with Crippen molar-refractivity contribution >= 4 is 17.7 Å². The molecule has 4 nitrogen and oxygen atoms in total.